The number of primary amides is 1. The summed E-state index contributed by atoms with van der Waals surface area (Å²) in [5.74, 6) is -0.970. The van der Waals surface area contributed by atoms with E-state index in [0.29, 0.717) is 5.75 Å². The predicted molar refractivity (Wildman–Crippen MR) is 77.6 cm³/mol. The number of para-hydroxylation sites is 1. The molecule has 0 saturated carbocycles. The summed E-state index contributed by atoms with van der Waals surface area (Å²) in [4.78, 5) is 12.1. The molecule has 2 aromatic carbocycles. The molecule has 0 aliphatic carbocycles. The van der Waals surface area contributed by atoms with E-state index in [2.05, 4.69) is 0 Å². The molecule has 0 aliphatic rings. The van der Waals surface area contributed by atoms with Crippen LogP contribution in [-0.2, 0) is 0 Å². The molecule has 0 fully saturated rings. The van der Waals surface area contributed by atoms with Crippen LogP contribution in [0, 0.1) is 5.82 Å². The average molecular weight is 292 g/mol. The lowest BCUT2D eigenvalue weighted by Crippen LogP contribution is -2.14. The second kappa shape index (κ2) is 5.83. The van der Waals surface area contributed by atoms with Gasteiger partial charge in [0.15, 0.2) is 11.6 Å². The van der Waals surface area contributed by atoms with Gasteiger partial charge in [-0.25, -0.2) is 4.39 Å². The first-order valence-electron chi connectivity index (χ1n) is 5.72. The topological polar surface area (TPSA) is 78.3 Å². The van der Waals surface area contributed by atoms with Gasteiger partial charge >= 0.3 is 0 Å². The SMILES string of the molecule is CSc1ccccc1Oc1cc(C(N)=O)c(N)cc1F. The summed E-state index contributed by atoms with van der Waals surface area (Å²) in [7, 11) is 0. The maximum absolute atomic E-state index is 13.9. The number of anilines is 1. The van der Waals surface area contributed by atoms with Gasteiger partial charge in [-0.1, -0.05) is 12.1 Å². The monoisotopic (exact) mass is 292 g/mol. The smallest absolute Gasteiger partial charge is 0.250 e. The Morgan fingerprint density at radius 3 is 2.60 bits per heavy atom. The predicted octanol–water partition coefficient (Wildman–Crippen LogP) is 3.02. The first-order chi connectivity index (χ1) is 9.52. The zero-order chi connectivity index (χ0) is 14.7. The highest BCUT2D eigenvalue weighted by Gasteiger charge is 2.14. The Hall–Kier alpha value is -2.21. The van der Waals surface area contributed by atoms with Crippen LogP contribution in [0.2, 0.25) is 0 Å². The third-order valence-corrected chi connectivity index (χ3v) is 3.44. The van der Waals surface area contributed by atoms with Crippen molar-refractivity contribution in [3.05, 3.63) is 47.8 Å². The quantitative estimate of drug-likeness (QED) is 0.670. The van der Waals surface area contributed by atoms with Crippen LogP contribution in [0.25, 0.3) is 0 Å². The lowest BCUT2D eigenvalue weighted by molar-refractivity contribution is 0.100. The number of amides is 1. The molecule has 0 radical (unpaired) electrons. The van der Waals surface area contributed by atoms with Crippen LogP contribution in [0.4, 0.5) is 10.1 Å². The Kier molecular flexibility index (Phi) is 4.14. The fourth-order valence-corrected chi connectivity index (χ4v) is 2.21. The van der Waals surface area contributed by atoms with Gasteiger partial charge in [0, 0.05) is 16.6 Å². The molecule has 4 nitrogen and oxygen atoms in total. The second-order valence-corrected chi connectivity index (χ2v) is 4.84. The molecule has 0 heterocycles. The second-order valence-electron chi connectivity index (χ2n) is 3.99. The van der Waals surface area contributed by atoms with Crippen molar-refractivity contribution in [1.82, 2.24) is 0 Å². The minimum atomic E-state index is -0.731. The fourth-order valence-electron chi connectivity index (χ4n) is 1.68. The molecular formula is C14H13FN2O2S. The van der Waals surface area contributed by atoms with Crippen molar-refractivity contribution in [2.75, 3.05) is 12.0 Å². The minimum absolute atomic E-state index is 0.0134. The number of benzene rings is 2. The van der Waals surface area contributed by atoms with Crippen LogP contribution in [0.5, 0.6) is 11.5 Å². The van der Waals surface area contributed by atoms with Gasteiger partial charge < -0.3 is 16.2 Å². The first kappa shape index (κ1) is 14.2. The molecule has 0 aromatic heterocycles. The van der Waals surface area contributed by atoms with E-state index < -0.39 is 11.7 Å². The standard InChI is InChI=1S/C14H13FN2O2S/c1-20-13-5-3-2-4-11(13)19-12-6-8(14(17)18)10(16)7-9(12)15/h2-7H,16H2,1H3,(H2,17,18). The van der Waals surface area contributed by atoms with Crippen LogP contribution in [0.1, 0.15) is 10.4 Å². The largest absolute Gasteiger partial charge is 0.453 e. The van der Waals surface area contributed by atoms with Gasteiger partial charge in [0.05, 0.1) is 5.56 Å². The number of rotatable bonds is 4. The highest BCUT2D eigenvalue weighted by molar-refractivity contribution is 7.98. The van der Waals surface area contributed by atoms with Crippen molar-refractivity contribution >= 4 is 23.4 Å². The van der Waals surface area contributed by atoms with Crippen LogP contribution in [0.15, 0.2) is 41.3 Å². The van der Waals surface area contributed by atoms with E-state index in [9.17, 15) is 9.18 Å². The zero-order valence-corrected chi connectivity index (χ0v) is 11.5. The van der Waals surface area contributed by atoms with Crippen molar-refractivity contribution < 1.29 is 13.9 Å². The normalized spacial score (nSPS) is 10.3. The average Bonchev–Trinajstić information content (AvgIpc) is 2.42. The molecule has 0 unspecified atom stereocenters. The lowest BCUT2D eigenvalue weighted by atomic mass is 10.1. The van der Waals surface area contributed by atoms with Gasteiger partial charge in [-0.05, 0) is 24.5 Å². The maximum Gasteiger partial charge on any atom is 0.250 e. The molecule has 0 bridgehead atoms. The Morgan fingerprint density at radius 1 is 1.25 bits per heavy atom. The van der Waals surface area contributed by atoms with Crippen molar-refractivity contribution in [1.29, 1.82) is 0 Å². The highest BCUT2D eigenvalue weighted by atomic mass is 32.2. The third kappa shape index (κ3) is 2.85. The summed E-state index contributed by atoms with van der Waals surface area (Å²) in [5.41, 5.74) is 10.7. The van der Waals surface area contributed by atoms with Gasteiger partial charge in [-0.2, -0.15) is 0 Å². The molecule has 0 atom stereocenters. The number of thioether (sulfide) groups is 1. The van der Waals surface area contributed by atoms with Crippen molar-refractivity contribution in [3.8, 4) is 11.5 Å². The molecule has 1 amide bonds. The number of hydrogen-bond donors (Lipinski definition) is 2. The third-order valence-electron chi connectivity index (χ3n) is 2.66. The van der Waals surface area contributed by atoms with E-state index in [1.54, 1.807) is 12.1 Å². The van der Waals surface area contributed by atoms with Crippen LogP contribution in [-0.4, -0.2) is 12.2 Å². The molecule has 0 aliphatic heterocycles. The lowest BCUT2D eigenvalue weighted by Gasteiger charge is -2.12. The Bertz CT molecular complexity index is 662. The number of nitrogens with two attached hydrogens (primary N) is 2. The van der Waals surface area contributed by atoms with Gasteiger partial charge in [0.1, 0.15) is 5.75 Å². The van der Waals surface area contributed by atoms with Gasteiger partial charge in [-0.15, -0.1) is 11.8 Å². The number of carbonyl (C=O) groups excluding carboxylic acids is 1. The van der Waals surface area contributed by atoms with Crippen LogP contribution < -0.4 is 16.2 Å². The van der Waals surface area contributed by atoms with E-state index in [-0.39, 0.29) is 17.0 Å². The van der Waals surface area contributed by atoms with Gasteiger partial charge in [0.2, 0.25) is 0 Å². The number of hydrogen-bond acceptors (Lipinski definition) is 4. The molecular weight excluding hydrogens is 279 g/mol. The molecule has 104 valence electrons. The molecule has 2 rings (SSSR count). The summed E-state index contributed by atoms with van der Waals surface area (Å²) < 4.78 is 19.4. The van der Waals surface area contributed by atoms with E-state index >= 15 is 0 Å². The fraction of sp³-hybridized carbons (Fsp3) is 0.0714. The Balaban J connectivity index is 2.43. The van der Waals surface area contributed by atoms with Gasteiger partial charge in [0.25, 0.3) is 5.91 Å². The van der Waals surface area contributed by atoms with Crippen LogP contribution >= 0.6 is 11.8 Å². The molecule has 2 aromatic rings. The van der Waals surface area contributed by atoms with E-state index in [1.165, 1.54) is 17.8 Å². The Morgan fingerprint density at radius 2 is 1.95 bits per heavy atom. The number of nitrogen functional groups attached to an aromatic ring is 1. The summed E-state index contributed by atoms with van der Waals surface area (Å²) in [6, 6.07) is 9.43. The molecule has 0 saturated heterocycles. The Labute approximate surface area is 119 Å². The van der Waals surface area contributed by atoms with Crippen molar-refractivity contribution in [2.24, 2.45) is 5.73 Å². The number of halogens is 1. The van der Waals surface area contributed by atoms with E-state index in [4.69, 9.17) is 16.2 Å². The molecule has 4 N–H and O–H groups in total. The summed E-state index contributed by atoms with van der Waals surface area (Å²) in [6.07, 6.45) is 1.89. The molecule has 0 spiro atoms. The number of ether oxygens (including phenoxy) is 1. The van der Waals surface area contributed by atoms with E-state index in [1.807, 2.05) is 18.4 Å². The van der Waals surface area contributed by atoms with Gasteiger partial charge in [-0.3, -0.25) is 4.79 Å². The maximum atomic E-state index is 13.9. The molecule has 20 heavy (non-hydrogen) atoms. The summed E-state index contributed by atoms with van der Waals surface area (Å²) >= 11 is 1.47. The van der Waals surface area contributed by atoms with Crippen molar-refractivity contribution in [3.63, 3.8) is 0 Å². The summed E-state index contributed by atoms with van der Waals surface area (Å²) in [6.45, 7) is 0. The first-order valence-corrected chi connectivity index (χ1v) is 6.95. The van der Waals surface area contributed by atoms with E-state index in [0.717, 1.165) is 11.0 Å². The summed E-state index contributed by atoms with van der Waals surface area (Å²) in [5, 5.41) is 0. The highest BCUT2D eigenvalue weighted by Crippen LogP contribution is 2.33. The van der Waals surface area contributed by atoms with Crippen molar-refractivity contribution in [2.45, 2.75) is 4.90 Å². The zero-order valence-electron chi connectivity index (χ0n) is 10.7. The van der Waals surface area contributed by atoms with Crippen LogP contribution in [0.3, 0.4) is 0 Å². The number of carbonyl (C=O) groups is 1. The molecule has 6 heteroatoms. The minimum Gasteiger partial charge on any atom is -0.453 e.